The number of rotatable bonds is 4. The van der Waals surface area contributed by atoms with E-state index in [1.54, 1.807) is 5.32 Å². The van der Waals surface area contributed by atoms with Crippen LogP contribution in [0.5, 0.6) is 0 Å². The van der Waals surface area contributed by atoms with Crippen molar-refractivity contribution >= 4 is 5.91 Å². The molecule has 1 aromatic heterocycles. The normalized spacial score (nSPS) is 13.9. The average molecular weight is 239 g/mol. The highest BCUT2D eigenvalue weighted by molar-refractivity contribution is 5.84. The monoisotopic (exact) mass is 239 g/mol. The Kier molecular flexibility index (Phi) is 3.56. The highest BCUT2D eigenvalue weighted by Gasteiger charge is 2.49. The molecule has 0 aliphatic heterocycles. The van der Waals surface area contributed by atoms with Crippen molar-refractivity contribution in [2.45, 2.75) is 25.3 Å². The number of alkyl halides is 4. The van der Waals surface area contributed by atoms with Crippen LogP contribution in [0.15, 0.2) is 22.8 Å². The van der Waals surface area contributed by atoms with Crippen molar-refractivity contribution < 1.29 is 26.8 Å². The molecule has 0 saturated heterocycles. The van der Waals surface area contributed by atoms with Crippen LogP contribution in [0.1, 0.15) is 18.7 Å². The van der Waals surface area contributed by atoms with Crippen LogP contribution in [-0.2, 0) is 4.79 Å². The van der Waals surface area contributed by atoms with Gasteiger partial charge in [0.15, 0.2) is 0 Å². The van der Waals surface area contributed by atoms with Crippen LogP contribution >= 0.6 is 0 Å². The molecule has 0 aromatic carbocycles. The zero-order chi connectivity index (χ0) is 12.3. The Balaban J connectivity index is 2.65. The Morgan fingerprint density at radius 3 is 2.56 bits per heavy atom. The summed E-state index contributed by atoms with van der Waals surface area (Å²) < 4.78 is 53.6. The summed E-state index contributed by atoms with van der Waals surface area (Å²) in [4.78, 5) is 10.8. The Bertz CT molecular complexity index is 350. The zero-order valence-corrected chi connectivity index (χ0v) is 8.22. The molecule has 0 bridgehead atoms. The van der Waals surface area contributed by atoms with Crippen LogP contribution in [0.3, 0.4) is 0 Å². The molecule has 90 valence electrons. The van der Waals surface area contributed by atoms with E-state index < -0.39 is 24.3 Å². The van der Waals surface area contributed by atoms with Crippen molar-refractivity contribution in [3.8, 4) is 0 Å². The van der Waals surface area contributed by atoms with E-state index in [4.69, 9.17) is 4.42 Å². The second-order valence-corrected chi connectivity index (χ2v) is 3.13. The van der Waals surface area contributed by atoms with Gasteiger partial charge in [0, 0.05) is 0 Å². The number of nitrogens with one attached hydrogen (secondary N) is 1. The van der Waals surface area contributed by atoms with Crippen LogP contribution in [0.4, 0.5) is 17.6 Å². The molecule has 1 rings (SSSR count). The number of hydrogen-bond acceptors (Lipinski definition) is 2. The first-order valence-electron chi connectivity index (χ1n) is 4.36. The SMILES string of the molecule is C[C@H](NC(=O)C(F)(F)C(F)F)c1ccco1. The van der Waals surface area contributed by atoms with Gasteiger partial charge >= 0.3 is 12.3 Å². The molecule has 0 radical (unpaired) electrons. The molecule has 0 saturated carbocycles. The first kappa shape index (κ1) is 12.5. The van der Waals surface area contributed by atoms with Gasteiger partial charge in [0.05, 0.1) is 12.3 Å². The number of carbonyl (C=O) groups is 1. The van der Waals surface area contributed by atoms with Crippen molar-refractivity contribution in [3.05, 3.63) is 24.2 Å². The summed E-state index contributed by atoms with van der Waals surface area (Å²) in [5.41, 5.74) is 0. The van der Waals surface area contributed by atoms with Crippen LogP contribution in [0, 0.1) is 0 Å². The van der Waals surface area contributed by atoms with E-state index in [1.165, 1.54) is 25.3 Å². The lowest BCUT2D eigenvalue weighted by Crippen LogP contribution is -2.45. The van der Waals surface area contributed by atoms with E-state index >= 15 is 0 Å². The maximum atomic E-state index is 12.5. The molecule has 0 spiro atoms. The molecular weight excluding hydrogens is 230 g/mol. The molecule has 0 aliphatic rings. The second kappa shape index (κ2) is 4.54. The van der Waals surface area contributed by atoms with Crippen LogP contribution in [-0.4, -0.2) is 18.3 Å². The van der Waals surface area contributed by atoms with Gasteiger partial charge in [-0.25, -0.2) is 8.78 Å². The molecule has 3 nitrogen and oxygen atoms in total. The van der Waals surface area contributed by atoms with E-state index in [0.29, 0.717) is 0 Å². The summed E-state index contributed by atoms with van der Waals surface area (Å²) in [7, 11) is 0. The maximum absolute atomic E-state index is 12.5. The first-order valence-corrected chi connectivity index (χ1v) is 4.36. The molecule has 1 amide bonds. The average Bonchev–Trinajstić information content (AvgIpc) is 2.69. The van der Waals surface area contributed by atoms with Gasteiger partial charge in [-0.15, -0.1) is 0 Å². The summed E-state index contributed by atoms with van der Waals surface area (Å²) in [6.07, 6.45) is -2.75. The highest BCUT2D eigenvalue weighted by Crippen LogP contribution is 2.24. The fraction of sp³-hybridized carbons (Fsp3) is 0.444. The number of hydrogen-bond donors (Lipinski definition) is 1. The minimum atomic E-state index is -4.69. The van der Waals surface area contributed by atoms with Crippen molar-refractivity contribution in [2.24, 2.45) is 0 Å². The fourth-order valence-electron chi connectivity index (χ4n) is 1.00. The minimum absolute atomic E-state index is 0.207. The Labute approximate surface area is 88.4 Å². The molecule has 1 aromatic rings. The summed E-state index contributed by atoms with van der Waals surface area (Å²) in [6, 6.07) is 2.03. The van der Waals surface area contributed by atoms with Crippen molar-refractivity contribution in [3.63, 3.8) is 0 Å². The lowest BCUT2D eigenvalue weighted by Gasteiger charge is -2.17. The van der Waals surface area contributed by atoms with Gasteiger partial charge in [0.2, 0.25) is 0 Å². The van der Waals surface area contributed by atoms with E-state index in [2.05, 4.69) is 0 Å². The van der Waals surface area contributed by atoms with Crippen molar-refractivity contribution in [1.29, 1.82) is 0 Å². The molecule has 1 N–H and O–H groups in total. The minimum Gasteiger partial charge on any atom is -0.467 e. The van der Waals surface area contributed by atoms with Crippen molar-refractivity contribution in [2.75, 3.05) is 0 Å². The van der Waals surface area contributed by atoms with E-state index in [-0.39, 0.29) is 5.76 Å². The Morgan fingerprint density at radius 1 is 1.50 bits per heavy atom. The van der Waals surface area contributed by atoms with Crippen molar-refractivity contribution in [1.82, 2.24) is 5.32 Å². The standard InChI is InChI=1S/C9H9F4NO2/c1-5(6-3-2-4-16-6)14-8(15)9(12,13)7(10)11/h2-5,7H,1H3,(H,14,15)/t5-/m0/s1. The zero-order valence-electron chi connectivity index (χ0n) is 8.22. The van der Waals surface area contributed by atoms with Gasteiger partial charge in [-0.3, -0.25) is 4.79 Å². The molecule has 16 heavy (non-hydrogen) atoms. The molecular formula is C9H9F4NO2. The number of amides is 1. The second-order valence-electron chi connectivity index (χ2n) is 3.13. The van der Waals surface area contributed by atoms with Gasteiger partial charge < -0.3 is 9.73 Å². The van der Waals surface area contributed by atoms with Crippen LogP contribution in [0.25, 0.3) is 0 Å². The quantitative estimate of drug-likeness (QED) is 0.819. The first-order chi connectivity index (χ1) is 7.35. The lowest BCUT2D eigenvalue weighted by atomic mass is 10.2. The van der Waals surface area contributed by atoms with E-state index in [0.717, 1.165) is 0 Å². The smallest absolute Gasteiger partial charge is 0.383 e. The van der Waals surface area contributed by atoms with Crippen LogP contribution < -0.4 is 5.32 Å². The predicted molar refractivity (Wildman–Crippen MR) is 46.2 cm³/mol. The highest BCUT2D eigenvalue weighted by atomic mass is 19.3. The Morgan fingerprint density at radius 2 is 2.12 bits per heavy atom. The number of carbonyl (C=O) groups excluding carboxylic acids is 1. The largest absolute Gasteiger partial charge is 0.467 e. The molecule has 1 heterocycles. The van der Waals surface area contributed by atoms with Gasteiger partial charge in [-0.05, 0) is 19.1 Å². The number of halogens is 4. The third kappa shape index (κ3) is 2.53. The van der Waals surface area contributed by atoms with Gasteiger partial charge in [-0.1, -0.05) is 0 Å². The topological polar surface area (TPSA) is 42.2 Å². The van der Waals surface area contributed by atoms with E-state index in [9.17, 15) is 22.4 Å². The fourth-order valence-corrected chi connectivity index (χ4v) is 1.00. The molecule has 0 unspecified atom stereocenters. The number of furan rings is 1. The van der Waals surface area contributed by atoms with Gasteiger partial charge in [0.1, 0.15) is 5.76 Å². The van der Waals surface area contributed by atoms with Crippen LogP contribution in [0.2, 0.25) is 0 Å². The molecule has 1 atom stereocenters. The molecule has 0 fully saturated rings. The maximum Gasteiger partial charge on any atom is 0.383 e. The van der Waals surface area contributed by atoms with Gasteiger partial charge in [0.25, 0.3) is 5.91 Å². The summed E-state index contributed by atoms with van der Waals surface area (Å²) >= 11 is 0. The third-order valence-electron chi connectivity index (χ3n) is 1.89. The molecule has 7 heteroatoms. The lowest BCUT2D eigenvalue weighted by molar-refractivity contribution is -0.170. The summed E-state index contributed by atoms with van der Waals surface area (Å²) in [5, 5.41) is 1.74. The van der Waals surface area contributed by atoms with Gasteiger partial charge in [-0.2, -0.15) is 8.78 Å². The summed E-state index contributed by atoms with van der Waals surface area (Å²) in [5.74, 6) is -6.51. The third-order valence-corrected chi connectivity index (χ3v) is 1.89. The molecule has 0 aliphatic carbocycles. The predicted octanol–water partition coefficient (Wildman–Crippen LogP) is 2.36. The summed E-state index contributed by atoms with van der Waals surface area (Å²) in [6.45, 7) is 1.35. The van der Waals surface area contributed by atoms with E-state index in [1.807, 2.05) is 0 Å². The Hall–Kier alpha value is -1.53.